The fourth-order valence-electron chi connectivity index (χ4n) is 10.5. The van der Waals surface area contributed by atoms with Crippen LogP contribution in [0.15, 0.2) is 0 Å². The van der Waals surface area contributed by atoms with Gasteiger partial charge in [-0.05, 0) is 85.9 Å². The second-order valence-electron chi connectivity index (χ2n) is 15.7. The first-order valence-electron chi connectivity index (χ1n) is 18.2. The van der Waals surface area contributed by atoms with Crippen LogP contribution in [0.25, 0.3) is 0 Å². The van der Waals surface area contributed by atoms with Gasteiger partial charge in [0.25, 0.3) is 30.4 Å². The van der Waals surface area contributed by atoms with E-state index in [-0.39, 0.29) is 86.5 Å². The fourth-order valence-corrected chi connectivity index (χ4v) is 11.6. The molecule has 4 rings (SSSR count). The third-order valence-electron chi connectivity index (χ3n) is 12.6. The quantitative estimate of drug-likeness (QED) is 0.131. The first-order valence-corrected chi connectivity index (χ1v) is 23.6. The standard InChI is InChI=1S/C34H62O12S3/c1-8-9-10-24(2)27-11-12-28-32-29(23-31(34(27,28)4)43-17-20-46-49(7,39)40)33(3)14-13-26(41-15-18-44-47(5,35)36)21-25(33)22-30(32)42-16-19-45-48(6,37)38/h24-32H,8-23H2,1-7H3/t24-,25?,26-,27-,28+,29+,30?,31+,32?,33+,34-/m1/s1. The van der Waals surface area contributed by atoms with Crippen LogP contribution in [0.2, 0.25) is 0 Å². The maximum absolute atomic E-state index is 11.7. The SMILES string of the molecule is CCCC[C@@H](C)[C@H]1CC[C@H]2C3C(OCCOS(C)(=O)=O)CC4C[C@H](OCCOS(C)(=O)=O)CC[C@]4(C)[C@H]3C[C@H](OCCOS(C)(=O)=O)[C@]12C. The summed E-state index contributed by atoms with van der Waals surface area (Å²) in [5.74, 6) is 2.07. The van der Waals surface area contributed by atoms with Gasteiger partial charge in [0.2, 0.25) is 0 Å². The minimum Gasteiger partial charge on any atom is -0.376 e. The molecule has 49 heavy (non-hydrogen) atoms. The number of rotatable bonds is 19. The molecule has 0 spiro atoms. The Balaban J connectivity index is 1.62. The normalized spacial score (nSPS) is 37.3. The van der Waals surface area contributed by atoms with Crippen molar-refractivity contribution >= 4 is 30.4 Å². The molecule has 0 heterocycles. The highest BCUT2D eigenvalue weighted by molar-refractivity contribution is 7.86. The van der Waals surface area contributed by atoms with Crippen molar-refractivity contribution in [3.8, 4) is 0 Å². The van der Waals surface area contributed by atoms with E-state index in [2.05, 4.69) is 27.7 Å². The second-order valence-corrected chi connectivity index (χ2v) is 20.7. The van der Waals surface area contributed by atoms with Crippen molar-refractivity contribution in [3.05, 3.63) is 0 Å². The first-order chi connectivity index (χ1) is 22.8. The van der Waals surface area contributed by atoms with Crippen molar-refractivity contribution in [1.82, 2.24) is 0 Å². The zero-order chi connectivity index (χ0) is 36.3. The van der Waals surface area contributed by atoms with Crippen molar-refractivity contribution in [2.24, 2.45) is 46.3 Å². The molecule has 4 saturated carbocycles. The molecule has 0 bridgehead atoms. The van der Waals surface area contributed by atoms with E-state index in [1.807, 2.05) is 0 Å². The third kappa shape index (κ3) is 10.6. The molecule has 11 atom stereocenters. The molecule has 0 aromatic heterocycles. The monoisotopic (exact) mass is 758 g/mol. The molecule has 0 saturated heterocycles. The highest BCUT2D eigenvalue weighted by atomic mass is 32.2. The van der Waals surface area contributed by atoms with E-state index in [0.29, 0.717) is 17.8 Å². The third-order valence-corrected chi connectivity index (χ3v) is 14.4. The van der Waals surface area contributed by atoms with E-state index in [1.54, 1.807) is 0 Å². The Hall–Kier alpha value is -0.390. The van der Waals surface area contributed by atoms with Crippen molar-refractivity contribution in [1.29, 1.82) is 0 Å². The van der Waals surface area contributed by atoms with Gasteiger partial charge in [0.15, 0.2) is 0 Å². The van der Waals surface area contributed by atoms with Gasteiger partial charge >= 0.3 is 0 Å². The van der Waals surface area contributed by atoms with Crippen LogP contribution >= 0.6 is 0 Å². The predicted molar refractivity (Wildman–Crippen MR) is 186 cm³/mol. The summed E-state index contributed by atoms with van der Waals surface area (Å²) in [5.41, 5.74) is -0.164. The van der Waals surface area contributed by atoms with Crippen LogP contribution in [0.3, 0.4) is 0 Å². The maximum Gasteiger partial charge on any atom is 0.264 e. The molecule has 0 aliphatic heterocycles. The van der Waals surface area contributed by atoms with E-state index in [0.717, 1.165) is 76.6 Å². The van der Waals surface area contributed by atoms with Crippen LogP contribution < -0.4 is 0 Å². The Bertz CT molecular complexity index is 1400. The Morgan fingerprint density at radius 2 is 1.27 bits per heavy atom. The van der Waals surface area contributed by atoms with Crippen LogP contribution in [0.4, 0.5) is 0 Å². The van der Waals surface area contributed by atoms with E-state index < -0.39 is 30.4 Å². The van der Waals surface area contributed by atoms with Crippen LogP contribution in [0.1, 0.15) is 91.9 Å². The molecule has 15 heteroatoms. The van der Waals surface area contributed by atoms with Crippen LogP contribution in [0, 0.1) is 46.3 Å². The highest BCUT2D eigenvalue weighted by Crippen LogP contribution is 2.69. The number of ether oxygens (including phenoxy) is 3. The fraction of sp³-hybridized carbons (Fsp3) is 1.00. The van der Waals surface area contributed by atoms with Crippen LogP contribution in [0.5, 0.6) is 0 Å². The van der Waals surface area contributed by atoms with Crippen LogP contribution in [-0.2, 0) is 57.1 Å². The number of hydrogen-bond donors (Lipinski definition) is 0. The van der Waals surface area contributed by atoms with Crippen molar-refractivity contribution in [3.63, 3.8) is 0 Å². The summed E-state index contributed by atoms with van der Waals surface area (Å²) in [4.78, 5) is 0. The summed E-state index contributed by atoms with van der Waals surface area (Å²) in [6.07, 6.45) is 12.8. The Morgan fingerprint density at radius 3 is 1.84 bits per heavy atom. The predicted octanol–water partition coefficient (Wildman–Crippen LogP) is 4.78. The second kappa shape index (κ2) is 16.7. The van der Waals surface area contributed by atoms with Gasteiger partial charge in [-0.15, -0.1) is 0 Å². The first kappa shape index (κ1) is 41.4. The Morgan fingerprint density at radius 1 is 0.694 bits per heavy atom. The van der Waals surface area contributed by atoms with Crippen molar-refractivity contribution in [2.45, 2.75) is 110 Å². The summed E-state index contributed by atoms with van der Waals surface area (Å²) in [6, 6.07) is 0. The summed E-state index contributed by atoms with van der Waals surface area (Å²) in [6.45, 7) is 9.90. The zero-order valence-corrected chi connectivity index (χ0v) is 33.1. The maximum atomic E-state index is 11.7. The van der Waals surface area contributed by atoms with Gasteiger partial charge in [-0.3, -0.25) is 12.5 Å². The van der Waals surface area contributed by atoms with Crippen molar-refractivity contribution < 1.29 is 52.0 Å². The summed E-state index contributed by atoms with van der Waals surface area (Å²) < 4.78 is 104. The van der Waals surface area contributed by atoms with Gasteiger partial charge in [0, 0.05) is 5.41 Å². The van der Waals surface area contributed by atoms with E-state index in [9.17, 15) is 25.3 Å². The van der Waals surface area contributed by atoms with Gasteiger partial charge in [0.1, 0.15) is 0 Å². The van der Waals surface area contributed by atoms with Crippen molar-refractivity contribution in [2.75, 3.05) is 58.4 Å². The average Bonchev–Trinajstić information content (AvgIpc) is 3.35. The molecule has 0 N–H and O–H groups in total. The molecule has 4 aliphatic carbocycles. The van der Waals surface area contributed by atoms with Gasteiger partial charge in [-0.1, -0.05) is 47.0 Å². The molecule has 288 valence electrons. The lowest BCUT2D eigenvalue weighted by molar-refractivity contribution is -0.229. The average molecular weight is 759 g/mol. The molecule has 4 fully saturated rings. The molecule has 0 aromatic carbocycles. The molecular formula is C34H62O12S3. The molecule has 12 nitrogen and oxygen atoms in total. The molecule has 0 radical (unpaired) electrons. The number of fused-ring (bicyclic) bond motifs is 5. The lowest BCUT2D eigenvalue weighted by Gasteiger charge is -2.64. The molecule has 3 unspecified atom stereocenters. The van der Waals surface area contributed by atoms with Gasteiger partial charge in [0.05, 0.1) is 76.7 Å². The Kier molecular flexibility index (Phi) is 14.1. The van der Waals surface area contributed by atoms with Gasteiger partial charge < -0.3 is 14.2 Å². The zero-order valence-electron chi connectivity index (χ0n) is 30.6. The summed E-state index contributed by atoms with van der Waals surface area (Å²) in [5, 5.41) is 0. The lowest BCUT2D eigenvalue weighted by atomic mass is 9.43. The number of unbranched alkanes of at least 4 members (excludes halogenated alkanes) is 1. The van der Waals surface area contributed by atoms with E-state index in [1.165, 1.54) is 6.42 Å². The molecule has 0 aromatic rings. The highest BCUT2D eigenvalue weighted by Gasteiger charge is 2.66. The lowest BCUT2D eigenvalue weighted by Crippen LogP contribution is -2.63. The molecule has 0 amide bonds. The number of hydrogen-bond acceptors (Lipinski definition) is 12. The van der Waals surface area contributed by atoms with Gasteiger partial charge in [-0.25, -0.2) is 0 Å². The minimum atomic E-state index is -3.59. The van der Waals surface area contributed by atoms with Gasteiger partial charge in [-0.2, -0.15) is 25.3 Å². The van der Waals surface area contributed by atoms with Crippen LogP contribution in [-0.4, -0.2) is 102 Å². The minimum absolute atomic E-state index is 0.0188. The summed E-state index contributed by atoms with van der Waals surface area (Å²) in [7, 11) is -10.7. The topological polar surface area (TPSA) is 158 Å². The summed E-state index contributed by atoms with van der Waals surface area (Å²) >= 11 is 0. The van der Waals surface area contributed by atoms with E-state index >= 15 is 0 Å². The smallest absolute Gasteiger partial charge is 0.264 e. The Labute approximate surface area is 296 Å². The molecule has 4 aliphatic rings. The van der Waals surface area contributed by atoms with E-state index in [4.69, 9.17) is 26.8 Å². The largest absolute Gasteiger partial charge is 0.376 e. The molecular weight excluding hydrogens is 697 g/mol.